The van der Waals surface area contributed by atoms with E-state index in [0.29, 0.717) is 16.5 Å². The number of nitro benzene ring substituents is 1. The van der Waals surface area contributed by atoms with E-state index in [4.69, 9.17) is 0 Å². The minimum Gasteiger partial charge on any atom is -0.285 e. The molecule has 0 unspecified atom stereocenters. The first-order valence-electron chi connectivity index (χ1n) is 6.22. The summed E-state index contributed by atoms with van der Waals surface area (Å²) in [6, 6.07) is 6.23. The number of carbonyl (C=O) groups excluding carboxylic acids is 1. The lowest BCUT2D eigenvalue weighted by Gasteiger charge is -2.15. The number of rotatable bonds is 4. The van der Waals surface area contributed by atoms with E-state index < -0.39 is 4.92 Å². The Morgan fingerprint density at radius 3 is 2.90 bits per heavy atom. The van der Waals surface area contributed by atoms with Crippen LogP contribution in [0, 0.1) is 10.1 Å². The first-order chi connectivity index (χ1) is 9.97. The molecule has 1 fully saturated rings. The fraction of sp³-hybridized carbons (Fsp3) is 0.308. The molecule has 7 nitrogen and oxygen atoms in total. The standard InChI is InChI=1S/C13H14N4O3S/c1-9(2)14-15-13-16(12(18)8-21-13)7-10-4-3-5-11(6-10)17(19)20/h3-6H,7-8H2,1-2H3/b15-13-. The molecule has 1 amide bonds. The van der Waals surface area contributed by atoms with Crippen molar-refractivity contribution in [3.63, 3.8) is 0 Å². The van der Waals surface area contributed by atoms with Gasteiger partial charge in [0, 0.05) is 17.8 Å². The van der Waals surface area contributed by atoms with Crippen molar-refractivity contribution < 1.29 is 9.72 Å². The van der Waals surface area contributed by atoms with Gasteiger partial charge in [-0.1, -0.05) is 23.9 Å². The molecule has 0 N–H and O–H groups in total. The molecule has 1 aliphatic heterocycles. The molecule has 8 heteroatoms. The van der Waals surface area contributed by atoms with Crippen LogP contribution in [-0.2, 0) is 11.3 Å². The van der Waals surface area contributed by atoms with Crippen LogP contribution in [0.25, 0.3) is 0 Å². The van der Waals surface area contributed by atoms with E-state index in [2.05, 4.69) is 10.2 Å². The molecule has 21 heavy (non-hydrogen) atoms. The zero-order chi connectivity index (χ0) is 15.4. The normalized spacial score (nSPS) is 16.4. The number of amides is 1. The first-order valence-corrected chi connectivity index (χ1v) is 7.21. The number of nitrogens with zero attached hydrogens (tertiary/aromatic N) is 4. The largest absolute Gasteiger partial charge is 0.285 e. The predicted molar refractivity (Wildman–Crippen MR) is 82.3 cm³/mol. The highest BCUT2D eigenvalue weighted by Gasteiger charge is 2.28. The summed E-state index contributed by atoms with van der Waals surface area (Å²) in [6.45, 7) is 3.89. The molecule has 1 aliphatic rings. The van der Waals surface area contributed by atoms with Crippen LogP contribution < -0.4 is 0 Å². The summed E-state index contributed by atoms with van der Waals surface area (Å²) in [6.07, 6.45) is 0. The minimum atomic E-state index is -0.455. The highest BCUT2D eigenvalue weighted by atomic mass is 32.2. The van der Waals surface area contributed by atoms with E-state index in [1.165, 1.54) is 28.8 Å². The summed E-state index contributed by atoms with van der Waals surface area (Å²) < 4.78 is 0. The van der Waals surface area contributed by atoms with Crippen LogP contribution in [0.3, 0.4) is 0 Å². The van der Waals surface area contributed by atoms with Crippen molar-refractivity contribution in [2.45, 2.75) is 20.4 Å². The third-order valence-corrected chi connectivity index (χ3v) is 3.61. The summed E-state index contributed by atoms with van der Waals surface area (Å²) in [7, 11) is 0. The van der Waals surface area contributed by atoms with Crippen LogP contribution in [0.5, 0.6) is 0 Å². The van der Waals surface area contributed by atoms with Gasteiger partial charge < -0.3 is 0 Å². The lowest BCUT2D eigenvalue weighted by Crippen LogP contribution is -2.28. The quantitative estimate of drug-likeness (QED) is 0.485. The molecule has 110 valence electrons. The van der Waals surface area contributed by atoms with Gasteiger partial charge in [-0.25, -0.2) is 0 Å². The van der Waals surface area contributed by atoms with Gasteiger partial charge in [-0.05, 0) is 19.4 Å². The van der Waals surface area contributed by atoms with Gasteiger partial charge in [-0.15, -0.1) is 5.10 Å². The second-order valence-electron chi connectivity index (χ2n) is 4.63. The Balaban J connectivity index is 2.22. The van der Waals surface area contributed by atoms with Crippen LogP contribution in [-0.4, -0.2) is 32.4 Å². The van der Waals surface area contributed by atoms with Gasteiger partial charge in [0.25, 0.3) is 5.69 Å². The zero-order valence-electron chi connectivity index (χ0n) is 11.6. The predicted octanol–water partition coefficient (Wildman–Crippen LogP) is 2.42. The van der Waals surface area contributed by atoms with Gasteiger partial charge in [-0.2, -0.15) is 5.10 Å². The molecule has 0 radical (unpaired) electrons. The first kappa shape index (κ1) is 15.2. The smallest absolute Gasteiger partial charge is 0.269 e. The molecule has 0 atom stereocenters. The van der Waals surface area contributed by atoms with Crippen molar-refractivity contribution in [2.24, 2.45) is 10.2 Å². The molecular weight excluding hydrogens is 292 g/mol. The number of benzene rings is 1. The number of non-ortho nitro benzene ring substituents is 1. The number of amidine groups is 1. The van der Waals surface area contributed by atoms with E-state index in [1.54, 1.807) is 12.1 Å². The third-order valence-electron chi connectivity index (χ3n) is 2.65. The van der Waals surface area contributed by atoms with Gasteiger partial charge in [0.15, 0.2) is 5.17 Å². The molecule has 1 saturated heterocycles. The van der Waals surface area contributed by atoms with Gasteiger partial charge in [-0.3, -0.25) is 19.8 Å². The van der Waals surface area contributed by atoms with E-state index in [-0.39, 0.29) is 18.1 Å². The highest BCUT2D eigenvalue weighted by molar-refractivity contribution is 8.15. The Labute approximate surface area is 125 Å². The molecule has 0 spiro atoms. The van der Waals surface area contributed by atoms with Crippen LogP contribution in [0.2, 0.25) is 0 Å². The monoisotopic (exact) mass is 306 g/mol. The molecule has 1 aromatic rings. The Hall–Kier alpha value is -2.22. The fourth-order valence-electron chi connectivity index (χ4n) is 1.72. The van der Waals surface area contributed by atoms with Gasteiger partial charge in [0.05, 0.1) is 17.2 Å². The van der Waals surface area contributed by atoms with Crippen molar-refractivity contribution >= 4 is 34.2 Å². The van der Waals surface area contributed by atoms with Crippen LogP contribution in [0.4, 0.5) is 5.69 Å². The van der Waals surface area contributed by atoms with Gasteiger partial charge in [0.1, 0.15) is 0 Å². The Bertz CT molecular complexity index is 638. The van der Waals surface area contributed by atoms with E-state index in [9.17, 15) is 14.9 Å². The summed E-state index contributed by atoms with van der Waals surface area (Å²) in [4.78, 5) is 23.7. The minimum absolute atomic E-state index is 0.00714. The zero-order valence-corrected chi connectivity index (χ0v) is 12.5. The molecule has 2 rings (SSSR count). The molecule has 0 bridgehead atoms. The lowest BCUT2D eigenvalue weighted by atomic mass is 10.2. The van der Waals surface area contributed by atoms with Crippen LogP contribution in [0.1, 0.15) is 19.4 Å². The van der Waals surface area contributed by atoms with Gasteiger partial charge in [0.2, 0.25) is 5.91 Å². The number of hydrogen-bond acceptors (Lipinski definition) is 6. The summed E-state index contributed by atoms with van der Waals surface area (Å²) in [5.74, 6) is 0.237. The van der Waals surface area contributed by atoms with Gasteiger partial charge >= 0.3 is 0 Å². The SMILES string of the molecule is CC(C)=N/N=C1\SCC(=O)N1Cc1cccc([N+](=O)[O-])c1. The number of thioether (sulfide) groups is 1. The Morgan fingerprint density at radius 1 is 1.48 bits per heavy atom. The Kier molecular flexibility index (Phi) is 4.69. The van der Waals surface area contributed by atoms with E-state index in [1.807, 2.05) is 13.8 Å². The van der Waals surface area contributed by atoms with Crippen LogP contribution in [0.15, 0.2) is 34.5 Å². The maximum absolute atomic E-state index is 11.9. The third kappa shape index (κ3) is 3.88. The summed E-state index contributed by atoms with van der Waals surface area (Å²) in [5.41, 5.74) is 1.48. The van der Waals surface area contributed by atoms with Crippen molar-refractivity contribution in [3.8, 4) is 0 Å². The number of carbonyl (C=O) groups is 1. The summed E-state index contributed by atoms with van der Waals surface area (Å²) >= 11 is 1.32. The molecule has 0 aliphatic carbocycles. The average molecular weight is 306 g/mol. The molecule has 1 heterocycles. The van der Waals surface area contributed by atoms with Crippen molar-refractivity contribution in [2.75, 3.05) is 5.75 Å². The molecular formula is C13H14N4O3S. The molecule has 0 aromatic heterocycles. The van der Waals surface area contributed by atoms with Crippen molar-refractivity contribution in [3.05, 3.63) is 39.9 Å². The number of hydrogen-bond donors (Lipinski definition) is 0. The van der Waals surface area contributed by atoms with Crippen LogP contribution >= 0.6 is 11.8 Å². The average Bonchev–Trinajstić information content (AvgIpc) is 2.78. The Morgan fingerprint density at radius 2 is 2.24 bits per heavy atom. The van der Waals surface area contributed by atoms with E-state index >= 15 is 0 Å². The molecule has 1 aromatic carbocycles. The number of nitro groups is 1. The summed E-state index contributed by atoms with van der Waals surface area (Å²) in [5, 5.41) is 19.3. The topological polar surface area (TPSA) is 88.2 Å². The second-order valence-corrected chi connectivity index (χ2v) is 5.57. The molecule has 0 saturated carbocycles. The van der Waals surface area contributed by atoms with E-state index in [0.717, 1.165) is 5.71 Å². The lowest BCUT2D eigenvalue weighted by molar-refractivity contribution is -0.384. The highest BCUT2D eigenvalue weighted by Crippen LogP contribution is 2.23. The van der Waals surface area contributed by atoms with Crippen molar-refractivity contribution in [1.29, 1.82) is 0 Å². The van der Waals surface area contributed by atoms with Crippen molar-refractivity contribution in [1.82, 2.24) is 4.90 Å². The maximum atomic E-state index is 11.9. The fourth-order valence-corrected chi connectivity index (χ4v) is 2.55. The second kappa shape index (κ2) is 6.49. The maximum Gasteiger partial charge on any atom is 0.269 e.